The van der Waals surface area contributed by atoms with Crippen LogP contribution >= 0.6 is 23.4 Å². The van der Waals surface area contributed by atoms with E-state index < -0.39 is 0 Å². The van der Waals surface area contributed by atoms with Crippen LogP contribution in [0.15, 0.2) is 46.1 Å². The van der Waals surface area contributed by atoms with Crippen molar-refractivity contribution in [2.24, 2.45) is 29.6 Å². The monoisotopic (exact) mass is 695 g/mol. The summed E-state index contributed by atoms with van der Waals surface area (Å²) in [6, 6.07) is 0. The first kappa shape index (κ1) is 35.4. The molecule has 7 aliphatic rings. The summed E-state index contributed by atoms with van der Waals surface area (Å²) in [4.78, 5) is 0. The number of hydrogen-bond donors (Lipinski definition) is 0. The molecule has 2 heterocycles. The molecule has 4 unspecified atom stereocenters. The minimum absolute atomic E-state index is 0.761. The lowest BCUT2D eigenvalue weighted by Gasteiger charge is -2.41. The van der Waals surface area contributed by atoms with Gasteiger partial charge in [-0.1, -0.05) is 119 Å². The van der Waals surface area contributed by atoms with Crippen LogP contribution in [0.2, 0.25) is 0 Å². The van der Waals surface area contributed by atoms with Crippen LogP contribution in [-0.4, -0.2) is 21.0 Å². The van der Waals surface area contributed by atoms with Crippen molar-refractivity contribution >= 4 is 35.1 Å². The second-order valence-electron chi connectivity index (χ2n) is 17.3. The zero-order valence-electron chi connectivity index (χ0n) is 29.8. The molecule has 0 nitrogen and oxygen atoms in total. The zero-order valence-corrected chi connectivity index (χ0v) is 32.3. The molecule has 0 aromatic rings. The molecule has 3 heteroatoms. The summed E-state index contributed by atoms with van der Waals surface area (Å²) < 4.78 is 0. The molecule has 5 aliphatic carbocycles. The van der Waals surface area contributed by atoms with Gasteiger partial charge in [-0.25, -0.2) is 0 Å². The minimum atomic E-state index is 0.761. The molecular formula is C44H68ClS2+. The van der Waals surface area contributed by atoms with E-state index >= 15 is 0 Å². The molecular weight excluding hydrogens is 628 g/mol. The van der Waals surface area contributed by atoms with Crippen molar-refractivity contribution in [2.75, 3.05) is 0 Å². The molecule has 4 atom stereocenters. The molecule has 0 amide bonds. The van der Waals surface area contributed by atoms with Gasteiger partial charge in [0.1, 0.15) is 10.5 Å². The summed E-state index contributed by atoms with van der Waals surface area (Å²) in [5, 5.41) is 4.73. The van der Waals surface area contributed by atoms with E-state index in [0.717, 1.165) is 68.5 Å². The van der Waals surface area contributed by atoms with Crippen LogP contribution in [0.4, 0.5) is 0 Å². The minimum Gasteiger partial charge on any atom is -0.154 e. The van der Waals surface area contributed by atoms with Gasteiger partial charge in [-0.15, -0.1) is 0 Å². The van der Waals surface area contributed by atoms with E-state index in [0.29, 0.717) is 0 Å². The number of thioether (sulfide) groups is 1. The molecule has 2 aliphatic heterocycles. The van der Waals surface area contributed by atoms with Crippen LogP contribution in [0.1, 0.15) is 173 Å². The van der Waals surface area contributed by atoms with Gasteiger partial charge in [-0.3, -0.25) is 0 Å². The summed E-state index contributed by atoms with van der Waals surface area (Å²) in [5.74, 6) is 4.68. The molecule has 2 saturated heterocycles. The fourth-order valence-electron chi connectivity index (χ4n) is 11.2. The highest BCUT2D eigenvalue weighted by molar-refractivity contribution is 8.00. The van der Waals surface area contributed by atoms with Gasteiger partial charge in [0.15, 0.2) is 0 Å². The molecule has 0 aromatic carbocycles. The topological polar surface area (TPSA) is 0 Å². The Hall–Kier alpha value is -0.0500. The van der Waals surface area contributed by atoms with Crippen LogP contribution < -0.4 is 0 Å². The van der Waals surface area contributed by atoms with Crippen molar-refractivity contribution in [1.82, 2.24) is 0 Å². The van der Waals surface area contributed by atoms with Gasteiger partial charge in [0, 0.05) is 40.2 Å². The van der Waals surface area contributed by atoms with Gasteiger partial charge >= 0.3 is 0 Å². The van der Waals surface area contributed by atoms with Gasteiger partial charge in [-0.2, -0.15) is 11.8 Å². The Morgan fingerprint density at radius 2 is 1.04 bits per heavy atom. The quantitative estimate of drug-likeness (QED) is 0.189. The zero-order chi connectivity index (χ0) is 31.8. The molecule has 0 bridgehead atoms. The van der Waals surface area contributed by atoms with Crippen molar-refractivity contribution in [2.45, 2.75) is 194 Å². The molecule has 0 N–H and O–H groups in total. The lowest BCUT2D eigenvalue weighted by atomic mass is 9.79. The van der Waals surface area contributed by atoms with Gasteiger partial charge in [-0.05, 0) is 124 Å². The van der Waals surface area contributed by atoms with Crippen LogP contribution in [-0.2, 0) is 11.8 Å². The highest BCUT2D eigenvalue weighted by Crippen LogP contribution is 2.48. The predicted octanol–water partition coefficient (Wildman–Crippen LogP) is 13.6. The van der Waals surface area contributed by atoms with Crippen molar-refractivity contribution in [3.8, 4) is 0 Å². The second-order valence-corrected chi connectivity index (χ2v) is 20.8. The summed E-state index contributed by atoms with van der Waals surface area (Å²) in [6.07, 6.45) is 49.1. The third-order valence-electron chi connectivity index (χ3n) is 14.0. The largest absolute Gasteiger partial charge is 0.154 e. The van der Waals surface area contributed by atoms with Crippen molar-refractivity contribution in [3.05, 3.63) is 46.1 Å². The highest BCUT2D eigenvalue weighted by atomic mass is 35.5. The summed E-state index contributed by atoms with van der Waals surface area (Å²) in [6.45, 7) is 0. The van der Waals surface area contributed by atoms with E-state index in [2.05, 4.69) is 36.1 Å². The molecule has 4 saturated carbocycles. The molecule has 0 spiro atoms. The van der Waals surface area contributed by atoms with E-state index in [9.17, 15) is 0 Å². The number of halogens is 1. The fourth-order valence-corrected chi connectivity index (χ4v) is 15.9. The highest BCUT2D eigenvalue weighted by Gasteiger charge is 2.43. The lowest BCUT2D eigenvalue weighted by Crippen LogP contribution is -2.40. The number of allylic oxidation sites excluding steroid dienone is 8. The average molecular weight is 697 g/mol. The average Bonchev–Trinajstić information content (AvgIpc) is 3.15. The van der Waals surface area contributed by atoms with E-state index in [1.165, 1.54) is 172 Å². The second kappa shape index (κ2) is 17.9. The Labute approximate surface area is 303 Å². The lowest BCUT2D eigenvalue weighted by molar-refractivity contribution is 0.284. The molecule has 47 heavy (non-hydrogen) atoms. The van der Waals surface area contributed by atoms with Gasteiger partial charge in [0.2, 0.25) is 0 Å². The Bertz CT molecular complexity index is 1050. The first-order valence-corrected chi connectivity index (χ1v) is 23.4. The van der Waals surface area contributed by atoms with E-state index in [4.69, 9.17) is 11.6 Å². The number of hydrogen-bond acceptors (Lipinski definition) is 1. The Kier molecular flexibility index (Phi) is 13.5. The molecule has 0 aromatic heterocycles. The van der Waals surface area contributed by atoms with Crippen molar-refractivity contribution in [3.63, 3.8) is 0 Å². The first-order chi connectivity index (χ1) is 23.2. The normalized spacial score (nSPS) is 36.0. The maximum atomic E-state index is 7.31. The van der Waals surface area contributed by atoms with Crippen LogP contribution in [0.3, 0.4) is 0 Å². The van der Waals surface area contributed by atoms with Crippen molar-refractivity contribution < 1.29 is 0 Å². The molecule has 7 rings (SSSR count). The smallest absolute Gasteiger partial charge is 0.119 e. The van der Waals surface area contributed by atoms with E-state index in [1.54, 1.807) is 5.57 Å². The third kappa shape index (κ3) is 9.64. The SMILES string of the molecule is ClC1=C(/C=C/C2CC(C3CCCCC3)[SH+]C(C3CCCCC3)C2)CCC/C1=C/C=C1CC(C2CCCCC2)SC(C2CCCCC2)C1. The fraction of sp³-hybridized carbons (Fsp3) is 0.818. The van der Waals surface area contributed by atoms with E-state index in [-0.39, 0.29) is 0 Å². The molecule has 0 radical (unpaired) electrons. The van der Waals surface area contributed by atoms with Gasteiger partial charge in [0.05, 0.1) is 0 Å². The maximum Gasteiger partial charge on any atom is 0.119 e. The number of thiol groups is 1. The Morgan fingerprint density at radius 3 is 1.55 bits per heavy atom. The standard InChI is InChI=1S/C44H67ClS2/c45-44-38(26-24-32-28-40(34-14-5-1-6-15-34)46-41(29-32)35-16-7-2-8-17-35)22-13-23-39(44)27-25-33-30-42(36-18-9-3-10-19-36)47-43(31-33)37-20-11-4-12-21-37/h24-27,32,34-37,40-43H,1-23,28-31H2/p+1/b26-24+,33-25?,39-27-. The summed E-state index contributed by atoms with van der Waals surface area (Å²) >= 11 is 11.6. The van der Waals surface area contributed by atoms with Crippen LogP contribution in [0.25, 0.3) is 0 Å². The Morgan fingerprint density at radius 1 is 0.553 bits per heavy atom. The predicted molar refractivity (Wildman–Crippen MR) is 212 cm³/mol. The number of rotatable bonds is 7. The first-order valence-electron chi connectivity index (χ1n) is 21.0. The Balaban J connectivity index is 1.05. The third-order valence-corrected chi connectivity index (χ3v) is 18.4. The van der Waals surface area contributed by atoms with E-state index in [1.807, 2.05) is 11.8 Å². The van der Waals surface area contributed by atoms with Crippen LogP contribution in [0, 0.1) is 29.6 Å². The molecule has 6 fully saturated rings. The van der Waals surface area contributed by atoms with Crippen LogP contribution in [0.5, 0.6) is 0 Å². The van der Waals surface area contributed by atoms with Gasteiger partial charge < -0.3 is 0 Å². The maximum absolute atomic E-state index is 7.31. The molecule has 262 valence electrons. The summed E-state index contributed by atoms with van der Waals surface area (Å²) in [7, 11) is 0. The van der Waals surface area contributed by atoms with Crippen molar-refractivity contribution in [1.29, 1.82) is 0 Å². The van der Waals surface area contributed by atoms with Gasteiger partial charge in [0.25, 0.3) is 0 Å². The summed E-state index contributed by atoms with van der Waals surface area (Å²) in [5.41, 5.74) is 4.61.